The number of hydrogen-bond donors (Lipinski definition) is 0. The first-order valence-electron chi connectivity index (χ1n) is 8.64. The Hall–Kier alpha value is -2.11. The molecule has 3 atom stereocenters. The van der Waals surface area contributed by atoms with E-state index in [-0.39, 0.29) is 11.4 Å². The van der Waals surface area contributed by atoms with E-state index in [2.05, 4.69) is 19.0 Å². The van der Waals surface area contributed by atoms with Crippen LogP contribution < -0.4 is 0 Å². The summed E-state index contributed by atoms with van der Waals surface area (Å²) >= 11 is 0. The van der Waals surface area contributed by atoms with Crippen molar-refractivity contribution in [2.45, 2.75) is 51.4 Å². The van der Waals surface area contributed by atoms with Crippen molar-refractivity contribution in [3.8, 4) is 0 Å². The minimum Gasteiger partial charge on any atom is -0.461 e. The van der Waals surface area contributed by atoms with Gasteiger partial charge in [-0.1, -0.05) is 19.0 Å². The Morgan fingerprint density at radius 1 is 1.54 bits per heavy atom. The molecule has 2 aromatic heterocycles. The van der Waals surface area contributed by atoms with Gasteiger partial charge in [0, 0.05) is 29.5 Å². The van der Waals surface area contributed by atoms with Crippen molar-refractivity contribution in [3.63, 3.8) is 0 Å². The summed E-state index contributed by atoms with van der Waals surface area (Å²) in [5, 5.41) is 8.77. The Kier molecular flexibility index (Phi) is 3.34. The highest BCUT2D eigenvalue weighted by Crippen LogP contribution is 2.53. The summed E-state index contributed by atoms with van der Waals surface area (Å²) in [5.74, 6) is 1.49. The van der Waals surface area contributed by atoms with Crippen molar-refractivity contribution < 1.29 is 14.1 Å². The first-order chi connectivity index (χ1) is 11.5. The van der Waals surface area contributed by atoms with Crippen molar-refractivity contribution in [3.05, 3.63) is 34.5 Å². The summed E-state index contributed by atoms with van der Waals surface area (Å²) in [6.07, 6.45) is 4.55. The van der Waals surface area contributed by atoms with Crippen LogP contribution in [0.15, 0.2) is 10.7 Å². The van der Waals surface area contributed by atoms with Crippen LogP contribution in [0.25, 0.3) is 0 Å². The summed E-state index contributed by atoms with van der Waals surface area (Å²) < 4.78 is 12.4. The monoisotopic (exact) mass is 329 g/mol. The molecule has 6 heteroatoms. The standard InChI is InChI=1S/C18H23N3O3/c1-5-23-17(22)14-12-6-7-13-10(2)15-11(9-19-24-15)8-18(13,3)16(12)20-21(14)4/h9-10,13H,5-8H2,1-4H3/t10-,13-,18-/m0/s1. The molecule has 2 heterocycles. The lowest BCUT2D eigenvalue weighted by molar-refractivity contribution is 0.0512. The lowest BCUT2D eigenvalue weighted by Crippen LogP contribution is -2.44. The molecule has 0 fully saturated rings. The number of carbonyl (C=O) groups excluding carboxylic acids is 1. The second-order valence-corrected chi connectivity index (χ2v) is 7.26. The van der Waals surface area contributed by atoms with Crippen molar-refractivity contribution in [2.24, 2.45) is 13.0 Å². The highest BCUT2D eigenvalue weighted by Gasteiger charge is 2.51. The number of carbonyl (C=O) groups is 1. The van der Waals surface area contributed by atoms with Crippen LogP contribution in [0.3, 0.4) is 0 Å². The highest BCUT2D eigenvalue weighted by molar-refractivity contribution is 5.89. The third-order valence-electron chi connectivity index (χ3n) is 5.93. The molecule has 6 nitrogen and oxygen atoms in total. The maximum absolute atomic E-state index is 12.4. The van der Waals surface area contributed by atoms with Crippen molar-refractivity contribution in [2.75, 3.05) is 6.61 Å². The molecule has 0 radical (unpaired) electrons. The van der Waals surface area contributed by atoms with Crippen LogP contribution in [0.2, 0.25) is 0 Å². The van der Waals surface area contributed by atoms with Crippen LogP contribution >= 0.6 is 0 Å². The van der Waals surface area contributed by atoms with Gasteiger partial charge in [-0.15, -0.1) is 0 Å². The summed E-state index contributed by atoms with van der Waals surface area (Å²) in [4.78, 5) is 12.4. The number of ether oxygens (including phenoxy) is 1. The Bertz CT molecular complexity index is 807. The zero-order valence-corrected chi connectivity index (χ0v) is 14.6. The number of aromatic nitrogens is 3. The molecule has 4 rings (SSSR count). The van der Waals surface area contributed by atoms with E-state index in [1.165, 1.54) is 0 Å². The third-order valence-corrected chi connectivity index (χ3v) is 5.93. The van der Waals surface area contributed by atoms with Gasteiger partial charge in [-0.3, -0.25) is 4.68 Å². The second-order valence-electron chi connectivity index (χ2n) is 7.26. The number of esters is 1. The van der Waals surface area contributed by atoms with E-state index in [0.29, 0.717) is 24.1 Å². The molecule has 0 aliphatic heterocycles. The van der Waals surface area contributed by atoms with Crippen LogP contribution in [0.4, 0.5) is 0 Å². The van der Waals surface area contributed by atoms with Crippen LogP contribution in [0.5, 0.6) is 0 Å². The predicted octanol–water partition coefficient (Wildman–Crippen LogP) is 2.76. The molecular formula is C18H23N3O3. The minimum absolute atomic E-state index is 0.103. The van der Waals surface area contributed by atoms with Crippen molar-refractivity contribution >= 4 is 5.97 Å². The van der Waals surface area contributed by atoms with Gasteiger partial charge in [0.25, 0.3) is 0 Å². The van der Waals surface area contributed by atoms with Crippen LogP contribution in [-0.4, -0.2) is 27.5 Å². The third kappa shape index (κ3) is 1.91. The van der Waals surface area contributed by atoms with E-state index in [1.807, 2.05) is 20.2 Å². The normalized spacial score (nSPS) is 28.0. The summed E-state index contributed by atoms with van der Waals surface area (Å²) in [5.41, 5.74) is 3.77. The molecule has 2 aromatic rings. The van der Waals surface area contributed by atoms with Crippen LogP contribution in [0, 0.1) is 5.92 Å². The molecule has 128 valence electrons. The topological polar surface area (TPSA) is 70.2 Å². The number of fused-ring (bicyclic) bond motifs is 4. The molecule has 0 aromatic carbocycles. The van der Waals surface area contributed by atoms with E-state index in [9.17, 15) is 4.79 Å². The summed E-state index contributed by atoms with van der Waals surface area (Å²) in [6.45, 7) is 6.68. The van der Waals surface area contributed by atoms with Gasteiger partial charge in [0.1, 0.15) is 11.5 Å². The molecule has 0 bridgehead atoms. The second kappa shape index (κ2) is 5.19. The fourth-order valence-corrected chi connectivity index (χ4v) is 4.88. The fraction of sp³-hybridized carbons (Fsp3) is 0.611. The molecule has 24 heavy (non-hydrogen) atoms. The Morgan fingerprint density at radius 2 is 2.33 bits per heavy atom. The van der Waals surface area contributed by atoms with E-state index in [0.717, 1.165) is 41.8 Å². The van der Waals surface area contributed by atoms with E-state index < -0.39 is 0 Å². The van der Waals surface area contributed by atoms with E-state index >= 15 is 0 Å². The molecule has 2 aliphatic rings. The van der Waals surface area contributed by atoms with Gasteiger partial charge in [0.2, 0.25) is 0 Å². The smallest absolute Gasteiger partial charge is 0.356 e. The molecule has 0 saturated heterocycles. The maximum atomic E-state index is 12.4. The van der Waals surface area contributed by atoms with Gasteiger partial charge in [0.05, 0.1) is 18.5 Å². The van der Waals surface area contributed by atoms with Crippen molar-refractivity contribution in [1.82, 2.24) is 14.9 Å². The molecule has 2 aliphatic carbocycles. The SMILES string of the molecule is CCOC(=O)c1c2c(nn1C)[C@@]1(C)Cc3cnoc3[C@@H](C)[C@@H]1CC2. The Labute approximate surface area is 141 Å². The number of aryl methyl sites for hydroxylation is 1. The first kappa shape index (κ1) is 15.4. The van der Waals surface area contributed by atoms with Gasteiger partial charge in [0.15, 0.2) is 0 Å². The maximum Gasteiger partial charge on any atom is 0.356 e. The first-order valence-corrected chi connectivity index (χ1v) is 8.64. The number of nitrogens with zero attached hydrogens (tertiary/aromatic N) is 3. The zero-order valence-electron chi connectivity index (χ0n) is 14.6. The molecule has 0 unspecified atom stereocenters. The van der Waals surface area contributed by atoms with E-state index in [1.54, 1.807) is 4.68 Å². The van der Waals surface area contributed by atoms with Gasteiger partial charge in [-0.25, -0.2) is 4.79 Å². The molecule has 0 amide bonds. The largest absolute Gasteiger partial charge is 0.461 e. The average molecular weight is 329 g/mol. The lowest BCUT2D eigenvalue weighted by Gasteiger charge is -2.46. The number of rotatable bonds is 2. The summed E-state index contributed by atoms with van der Waals surface area (Å²) in [7, 11) is 1.83. The number of hydrogen-bond acceptors (Lipinski definition) is 5. The predicted molar refractivity (Wildman–Crippen MR) is 86.9 cm³/mol. The Balaban J connectivity index is 1.84. The molecule has 0 spiro atoms. The van der Waals surface area contributed by atoms with Gasteiger partial charge in [-0.2, -0.15) is 5.10 Å². The summed E-state index contributed by atoms with van der Waals surface area (Å²) in [6, 6.07) is 0. The minimum atomic E-state index is -0.273. The molecular weight excluding hydrogens is 306 g/mol. The quantitative estimate of drug-likeness (QED) is 0.792. The van der Waals surface area contributed by atoms with Gasteiger partial charge >= 0.3 is 5.97 Å². The van der Waals surface area contributed by atoms with Crippen LogP contribution in [0.1, 0.15) is 66.2 Å². The zero-order chi connectivity index (χ0) is 17.1. The average Bonchev–Trinajstić information content (AvgIpc) is 3.11. The van der Waals surface area contributed by atoms with Gasteiger partial charge < -0.3 is 9.26 Å². The molecule has 0 N–H and O–H groups in total. The van der Waals surface area contributed by atoms with Crippen molar-refractivity contribution in [1.29, 1.82) is 0 Å². The van der Waals surface area contributed by atoms with Crippen LogP contribution in [-0.2, 0) is 30.0 Å². The van der Waals surface area contributed by atoms with Gasteiger partial charge in [-0.05, 0) is 32.1 Å². The molecule has 0 saturated carbocycles. The lowest BCUT2D eigenvalue weighted by atomic mass is 9.57. The Morgan fingerprint density at radius 3 is 3.08 bits per heavy atom. The fourth-order valence-electron chi connectivity index (χ4n) is 4.88. The van der Waals surface area contributed by atoms with E-state index in [4.69, 9.17) is 14.4 Å². The highest BCUT2D eigenvalue weighted by atomic mass is 16.5.